The fourth-order valence-electron chi connectivity index (χ4n) is 2.48. The molecule has 0 aromatic rings. The summed E-state index contributed by atoms with van der Waals surface area (Å²) >= 11 is 0. The van der Waals surface area contributed by atoms with Crippen LogP contribution in [0, 0.1) is 0 Å². The first-order valence-corrected chi connectivity index (χ1v) is 12.0. The average Bonchev–Trinajstić information content (AvgIpc) is 2.62. The van der Waals surface area contributed by atoms with Crippen molar-refractivity contribution in [3.05, 3.63) is 36.5 Å². The monoisotopic (exact) mass is 416 g/mol. The fraction of sp³-hybridized carbons (Fsp3) is 0.667. The first-order valence-electron chi connectivity index (χ1n) is 10.2. The highest BCUT2D eigenvalue weighted by Gasteiger charge is 2.20. The van der Waals surface area contributed by atoms with E-state index in [1.807, 2.05) is 0 Å². The summed E-state index contributed by atoms with van der Waals surface area (Å²) in [6, 6.07) is 0. The van der Waals surface area contributed by atoms with Gasteiger partial charge in [-0.05, 0) is 38.5 Å². The van der Waals surface area contributed by atoms with Crippen molar-refractivity contribution in [2.45, 2.75) is 77.2 Å². The zero-order valence-electron chi connectivity index (χ0n) is 17.0. The molecule has 0 rings (SSSR count). The Morgan fingerprint density at radius 1 is 0.929 bits per heavy atom. The van der Waals surface area contributed by atoms with Crippen LogP contribution < -0.4 is 0 Å². The van der Waals surface area contributed by atoms with Gasteiger partial charge in [-0.1, -0.05) is 62.6 Å². The van der Waals surface area contributed by atoms with Gasteiger partial charge in [0.15, 0.2) is 0 Å². The molecule has 0 fully saturated rings. The lowest BCUT2D eigenvalue weighted by molar-refractivity contribution is -0.146. The maximum atomic E-state index is 11.5. The highest BCUT2D eigenvalue weighted by atomic mass is 31.2. The molecule has 0 radical (unpaired) electrons. The Morgan fingerprint density at radius 3 is 2.14 bits per heavy atom. The minimum absolute atomic E-state index is 0.266. The molecule has 7 heteroatoms. The van der Waals surface area contributed by atoms with E-state index in [1.54, 1.807) is 0 Å². The predicted molar refractivity (Wildman–Crippen MR) is 113 cm³/mol. The van der Waals surface area contributed by atoms with Crippen LogP contribution in [0.5, 0.6) is 0 Å². The second kappa shape index (κ2) is 17.9. The molecule has 162 valence electrons. The summed E-state index contributed by atoms with van der Waals surface area (Å²) in [5, 5.41) is 9.36. The maximum absolute atomic E-state index is 11.5. The lowest BCUT2D eigenvalue weighted by atomic mass is 10.1. The zero-order valence-corrected chi connectivity index (χ0v) is 17.9. The average molecular weight is 416 g/mol. The molecule has 0 aliphatic heterocycles. The Balaban J connectivity index is 3.47. The van der Waals surface area contributed by atoms with Gasteiger partial charge < -0.3 is 19.6 Å². The molecule has 0 amide bonds. The van der Waals surface area contributed by atoms with E-state index in [9.17, 15) is 14.5 Å². The van der Waals surface area contributed by atoms with Crippen LogP contribution in [0.1, 0.15) is 71.1 Å². The number of ether oxygens (including phenoxy) is 1. The molecule has 0 saturated carbocycles. The van der Waals surface area contributed by atoms with Gasteiger partial charge in [0.05, 0.1) is 12.3 Å². The predicted octanol–water partition coefficient (Wildman–Crippen LogP) is 4.66. The molecule has 0 aliphatic rings. The van der Waals surface area contributed by atoms with Gasteiger partial charge in [-0.3, -0.25) is 9.36 Å². The van der Waals surface area contributed by atoms with E-state index in [1.165, 1.54) is 0 Å². The lowest BCUT2D eigenvalue weighted by Gasteiger charge is -2.12. The molecule has 0 heterocycles. The Morgan fingerprint density at radius 2 is 1.50 bits per heavy atom. The molecule has 1 unspecified atom stereocenters. The number of carbonyl (C=O) groups excluding carboxylic acids is 1. The molecule has 0 aliphatic carbocycles. The van der Waals surface area contributed by atoms with Gasteiger partial charge in [-0.25, -0.2) is 0 Å². The molecule has 0 bridgehead atoms. The van der Waals surface area contributed by atoms with E-state index in [0.717, 1.165) is 57.8 Å². The van der Waals surface area contributed by atoms with Crippen molar-refractivity contribution >= 4 is 13.6 Å². The number of carbonyl (C=O) groups is 1. The molecule has 1 atom stereocenters. The van der Waals surface area contributed by atoms with Gasteiger partial charge in [-0.15, -0.1) is 0 Å². The third kappa shape index (κ3) is 21.1. The van der Waals surface area contributed by atoms with Crippen LogP contribution in [0.4, 0.5) is 0 Å². The number of allylic oxidation sites excluding steroid dienone is 6. The molecular weight excluding hydrogens is 379 g/mol. The smallest absolute Gasteiger partial charge is 0.328 e. The van der Waals surface area contributed by atoms with Gasteiger partial charge in [0, 0.05) is 6.42 Å². The van der Waals surface area contributed by atoms with Crippen molar-refractivity contribution in [3.8, 4) is 0 Å². The van der Waals surface area contributed by atoms with Gasteiger partial charge >= 0.3 is 13.6 Å². The minimum atomic E-state index is -4.29. The molecule has 3 N–H and O–H groups in total. The first kappa shape index (κ1) is 26.8. The quantitative estimate of drug-likeness (QED) is 0.138. The minimum Gasteiger partial charge on any atom is -0.463 e. The Labute approximate surface area is 169 Å². The molecule has 0 saturated heterocycles. The highest BCUT2D eigenvalue weighted by molar-refractivity contribution is 7.51. The summed E-state index contributed by atoms with van der Waals surface area (Å²) in [5.41, 5.74) is 0. The molecule has 0 aromatic heterocycles. The largest absolute Gasteiger partial charge is 0.463 e. The van der Waals surface area contributed by atoms with Gasteiger partial charge in [0.2, 0.25) is 0 Å². The number of aliphatic hydroxyl groups excluding tert-OH is 1. The second-order valence-electron chi connectivity index (χ2n) is 6.78. The van der Waals surface area contributed by atoms with Crippen LogP contribution in [0.25, 0.3) is 0 Å². The van der Waals surface area contributed by atoms with Crippen LogP contribution in [0.15, 0.2) is 36.5 Å². The van der Waals surface area contributed by atoms with Crippen LogP contribution in [-0.4, -0.2) is 39.7 Å². The Kier molecular flexibility index (Phi) is 17.1. The third-order valence-electron chi connectivity index (χ3n) is 3.92. The van der Waals surface area contributed by atoms with Gasteiger partial charge in [0.25, 0.3) is 0 Å². The normalized spacial score (nSPS) is 13.7. The summed E-state index contributed by atoms with van der Waals surface area (Å²) in [6.07, 6.45) is 20.5. The van der Waals surface area contributed by atoms with E-state index < -0.39 is 25.8 Å². The topological polar surface area (TPSA) is 104 Å². The van der Waals surface area contributed by atoms with E-state index >= 15 is 0 Å². The van der Waals surface area contributed by atoms with E-state index in [2.05, 4.69) is 43.4 Å². The first-order chi connectivity index (χ1) is 13.3. The van der Waals surface area contributed by atoms with Crippen molar-refractivity contribution in [2.75, 3.05) is 12.8 Å². The van der Waals surface area contributed by atoms with Crippen molar-refractivity contribution < 1.29 is 29.0 Å². The fourth-order valence-corrected chi connectivity index (χ4v) is 3.13. The summed E-state index contributed by atoms with van der Waals surface area (Å²) in [5.74, 6) is -0.439. The Bertz CT molecular complexity index is 521. The molecule has 0 aromatic carbocycles. The number of esters is 1. The van der Waals surface area contributed by atoms with Crippen molar-refractivity contribution in [2.24, 2.45) is 0 Å². The number of unbranched alkanes of at least 4 members (excludes halogenated alkanes) is 5. The van der Waals surface area contributed by atoms with Crippen LogP contribution in [-0.2, 0) is 14.1 Å². The van der Waals surface area contributed by atoms with Crippen LogP contribution in [0.2, 0.25) is 0 Å². The van der Waals surface area contributed by atoms with Crippen molar-refractivity contribution in [3.63, 3.8) is 0 Å². The lowest BCUT2D eigenvalue weighted by Crippen LogP contribution is -2.22. The maximum Gasteiger partial charge on any atom is 0.328 e. The summed E-state index contributed by atoms with van der Waals surface area (Å²) in [7, 11) is -4.29. The third-order valence-corrected chi connectivity index (χ3v) is 4.81. The Hall–Kier alpha value is -1.20. The summed E-state index contributed by atoms with van der Waals surface area (Å²) in [4.78, 5) is 28.9. The standard InChI is InChI=1S/C21H37O6P/c1-2-3-4-5-6-7-8-9-10-11-12-13-14-15-16-17-21(23)27-18-20(22)19-28(24,25)26/h3-4,6-7,9-10,20,22H,2,5,8,11-19H2,1H3,(H2,24,25,26)/b4-3-,7-6-,10-9-. The number of hydrogen-bond donors (Lipinski definition) is 3. The molecular formula is C21H37O6P. The number of hydrogen-bond acceptors (Lipinski definition) is 4. The molecule has 0 spiro atoms. The molecule has 6 nitrogen and oxygen atoms in total. The van der Waals surface area contributed by atoms with Gasteiger partial charge in [-0.2, -0.15) is 0 Å². The van der Waals surface area contributed by atoms with Crippen LogP contribution in [0.3, 0.4) is 0 Å². The van der Waals surface area contributed by atoms with Crippen molar-refractivity contribution in [1.29, 1.82) is 0 Å². The van der Waals surface area contributed by atoms with Crippen molar-refractivity contribution in [1.82, 2.24) is 0 Å². The number of aliphatic hydroxyl groups is 1. The van der Waals surface area contributed by atoms with Crippen LogP contribution >= 0.6 is 7.60 Å². The van der Waals surface area contributed by atoms with E-state index in [-0.39, 0.29) is 13.0 Å². The summed E-state index contributed by atoms with van der Waals surface area (Å²) in [6.45, 7) is 1.76. The van der Waals surface area contributed by atoms with Gasteiger partial charge in [0.1, 0.15) is 6.61 Å². The molecule has 28 heavy (non-hydrogen) atoms. The van der Waals surface area contributed by atoms with E-state index in [4.69, 9.17) is 14.5 Å². The highest BCUT2D eigenvalue weighted by Crippen LogP contribution is 2.34. The number of rotatable bonds is 17. The second-order valence-corrected chi connectivity index (χ2v) is 8.48. The zero-order chi connectivity index (χ0) is 21.1. The SMILES string of the molecule is CC/C=C\C/C=C\C/C=C\CCCCCCCC(=O)OCC(O)CP(=O)(O)O. The summed E-state index contributed by atoms with van der Waals surface area (Å²) < 4.78 is 15.5. The van der Waals surface area contributed by atoms with E-state index in [0.29, 0.717) is 0 Å².